The first-order valence-electron chi connectivity index (χ1n) is 10.0. The van der Waals surface area contributed by atoms with Gasteiger partial charge in [0, 0.05) is 25.5 Å². The molecule has 3 rings (SSSR count). The molecule has 2 N–H and O–H groups in total. The molecule has 3 aromatic rings. The Kier molecular flexibility index (Phi) is 7.61. The monoisotopic (exact) mass is 456 g/mol. The van der Waals surface area contributed by atoms with Gasteiger partial charge in [0.15, 0.2) is 0 Å². The van der Waals surface area contributed by atoms with Gasteiger partial charge in [-0.1, -0.05) is 12.1 Å². The Morgan fingerprint density at radius 1 is 1.09 bits per heavy atom. The molecule has 0 radical (unpaired) electrons. The second kappa shape index (κ2) is 10.6. The molecule has 0 aliphatic rings. The summed E-state index contributed by atoms with van der Waals surface area (Å²) < 4.78 is 34.9. The molecule has 0 fully saturated rings. The maximum absolute atomic E-state index is 12.8. The fourth-order valence-corrected chi connectivity index (χ4v) is 4.02. The van der Waals surface area contributed by atoms with E-state index in [4.69, 9.17) is 4.74 Å². The number of nitrogens with one attached hydrogen (secondary N) is 2. The number of esters is 1. The fraction of sp³-hybridized carbons (Fsp3) is 0.227. The lowest BCUT2D eigenvalue weighted by Crippen LogP contribution is -2.26. The van der Waals surface area contributed by atoms with Crippen molar-refractivity contribution in [1.29, 1.82) is 0 Å². The molecule has 1 heterocycles. The number of para-hydroxylation sites is 1. The van der Waals surface area contributed by atoms with Crippen molar-refractivity contribution in [2.24, 2.45) is 0 Å². The van der Waals surface area contributed by atoms with E-state index in [1.54, 1.807) is 37.6 Å². The van der Waals surface area contributed by atoms with Gasteiger partial charge >= 0.3 is 5.97 Å². The number of ether oxygens (including phenoxy) is 1. The first kappa shape index (κ1) is 23.0. The van der Waals surface area contributed by atoms with E-state index in [1.165, 1.54) is 30.3 Å². The number of aromatic nitrogens is 2. The number of anilines is 1. The van der Waals surface area contributed by atoms with Crippen molar-refractivity contribution in [2.45, 2.75) is 24.8 Å². The van der Waals surface area contributed by atoms with Crippen molar-refractivity contribution in [3.8, 4) is 0 Å². The van der Waals surface area contributed by atoms with Crippen molar-refractivity contribution in [3.05, 3.63) is 78.4 Å². The van der Waals surface area contributed by atoms with Crippen LogP contribution < -0.4 is 10.0 Å². The highest BCUT2D eigenvalue weighted by molar-refractivity contribution is 7.92. The molecule has 168 valence electrons. The number of hydrogen-bond acceptors (Lipinski definition) is 6. The molecule has 0 bridgehead atoms. The zero-order valence-electron chi connectivity index (χ0n) is 17.5. The average molecular weight is 457 g/mol. The van der Waals surface area contributed by atoms with Gasteiger partial charge in [-0.15, -0.1) is 0 Å². The largest absolute Gasteiger partial charge is 0.462 e. The summed E-state index contributed by atoms with van der Waals surface area (Å²) in [7, 11) is -3.97. The zero-order chi connectivity index (χ0) is 23.0. The van der Waals surface area contributed by atoms with Crippen LogP contribution in [0.25, 0.3) is 0 Å². The van der Waals surface area contributed by atoms with Gasteiger partial charge in [-0.3, -0.25) is 9.52 Å². The third-order valence-corrected chi connectivity index (χ3v) is 5.91. The minimum atomic E-state index is -3.97. The van der Waals surface area contributed by atoms with E-state index in [9.17, 15) is 18.0 Å². The van der Waals surface area contributed by atoms with E-state index in [2.05, 4.69) is 15.0 Å². The second-order valence-corrected chi connectivity index (χ2v) is 8.49. The van der Waals surface area contributed by atoms with E-state index in [-0.39, 0.29) is 34.2 Å². The lowest BCUT2D eigenvalue weighted by Gasteiger charge is -2.13. The quantitative estimate of drug-likeness (QED) is 0.358. The Morgan fingerprint density at radius 3 is 2.53 bits per heavy atom. The van der Waals surface area contributed by atoms with Crippen LogP contribution in [-0.4, -0.2) is 43.0 Å². The predicted molar refractivity (Wildman–Crippen MR) is 119 cm³/mol. The lowest BCUT2D eigenvalue weighted by molar-refractivity contribution is 0.0526. The second-order valence-electron chi connectivity index (χ2n) is 6.81. The van der Waals surface area contributed by atoms with Crippen molar-refractivity contribution < 1.29 is 22.7 Å². The molecule has 1 aromatic heterocycles. The van der Waals surface area contributed by atoms with Crippen molar-refractivity contribution in [3.63, 3.8) is 0 Å². The number of imidazole rings is 1. The molecule has 0 atom stereocenters. The molecule has 32 heavy (non-hydrogen) atoms. The average Bonchev–Trinajstić information content (AvgIpc) is 3.30. The molecule has 0 unspecified atom stereocenters. The van der Waals surface area contributed by atoms with Gasteiger partial charge < -0.3 is 14.6 Å². The van der Waals surface area contributed by atoms with Gasteiger partial charge in [0.05, 0.1) is 34.6 Å². The van der Waals surface area contributed by atoms with Crippen LogP contribution >= 0.6 is 0 Å². The molecule has 0 saturated carbocycles. The minimum Gasteiger partial charge on any atom is -0.462 e. The Labute approximate surface area is 186 Å². The van der Waals surface area contributed by atoms with Crippen molar-refractivity contribution >= 4 is 27.6 Å². The highest BCUT2D eigenvalue weighted by Gasteiger charge is 2.19. The topological polar surface area (TPSA) is 119 Å². The maximum atomic E-state index is 12.8. The Balaban J connectivity index is 1.66. The number of nitrogens with zero attached hydrogens (tertiary/aromatic N) is 2. The molecule has 2 aromatic carbocycles. The van der Waals surface area contributed by atoms with E-state index in [0.29, 0.717) is 19.5 Å². The molecule has 9 nitrogen and oxygen atoms in total. The van der Waals surface area contributed by atoms with Crippen LogP contribution in [0.4, 0.5) is 5.69 Å². The van der Waals surface area contributed by atoms with Crippen LogP contribution in [0.5, 0.6) is 0 Å². The third-order valence-electron chi connectivity index (χ3n) is 4.53. The molecular weight excluding hydrogens is 432 g/mol. The summed E-state index contributed by atoms with van der Waals surface area (Å²) in [5.41, 5.74) is 0.622. The van der Waals surface area contributed by atoms with Gasteiger partial charge in [0.1, 0.15) is 0 Å². The fourth-order valence-electron chi connectivity index (χ4n) is 2.94. The zero-order valence-corrected chi connectivity index (χ0v) is 18.3. The first-order valence-corrected chi connectivity index (χ1v) is 11.5. The van der Waals surface area contributed by atoms with Gasteiger partial charge in [-0.2, -0.15) is 0 Å². The Morgan fingerprint density at radius 2 is 1.84 bits per heavy atom. The molecule has 10 heteroatoms. The lowest BCUT2D eigenvalue weighted by atomic mass is 10.1. The molecule has 0 aliphatic heterocycles. The summed E-state index contributed by atoms with van der Waals surface area (Å²) >= 11 is 0. The summed E-state index contributed by atoms with van der Waals surface area (Å²) in [6.45, 7) is 3.04. The van der Waals surface area contributed by atoms with Crippen molar-refractivity contribution in [1.82, 2.24) is 14.9 Å². The normalized spacial score (nSPS) is 11.0. The van der Waals surface area contributed by atoms with Crippen molar-refractivity contribution in [2.75, 3.05) is 17.9 Å². The number of aryl methyl sites for hydroxylation is 1. The summed E-state index contributed by atoms with van der Waals surface area (Å²) in [5.74, 6) is -0.911. The summed E-state index contributed by atoms with van der Waals surface area (Å²) in [6, 6.07) is 11.7. The molecule has 0 saturated heterocycles. The minimum absolute atomic E-state index is 0.0407. The van der Waals surface area contributed by atoms with Gasteiger partial charge in [0.2, 0.25) is 0 Å². The van der Waals surface area contributed by atoms with Crippen LogP contribution in [0.2, 0.25) is 0 Å². The van der Waals surface area contributed by atoms with E-state index in [1.807, 2.05) is 10.8 Å². The summed E-state index contributed by atoms with van der Waals surface area (Å²) in [5, 5.41) is 2.80. The van der Waals surface area contributed by atoms with Crippen LogP contribution in [-0.2, 0) is 21.3 Å². The SMILES string of the molecule is CCOC(=O)c1ccc(S(=O)(=O)Nc2ccccc2C(=O)NCCCn2ccnc2)cc1. The number of benzene rings is 2. The van der Waals surface area contributed by atoms with Crippen LogP contribution in [0.15, 0.2) is 72.1 Å². The third kappa shape index (κ3) is 5.94. The van der Waals surface area contributed by atoms with Gasteiger partial charge in [0.25, 0.3) is 15.9 Å². The highest BCUT2D eigenvalue weighted by Crippen LogP contribution is 2.21. The molecule has 0 aliphatic carbocycles. The predicted octanol–water partition coefficient (Wildman–Crippen LogP) is 2.68. The highest BCUT2D eigenvalue weighted by atomic mass is 32.2. The maximum Gasteiger partial charge on any atom is 0.338 e. The number of carbonyl (C=O) groups is 2. The Hall–Kier alpha value is -3.66. The van der Waals surface area contributed by atoms with E-state index < -0.39 is 16.0 Å². The molecular formula is C22H24N4O5S. The number of sulfonamides is 1. The smallest absolute Gasteiger partial charge is 0.338 e. The molecule has 1 amide bonds. The van der Waals surface area contributed by atoms with Gasteiger partial charge in [-0.25, -0.2) is 18.2 Å². The van der Waals surface area contributed by atoms with E-state index in [0.717, 1.165) is 0 Å². The summed E-state index contributed by atoms with van der Waals surface area (Å²) in [4.78, 5) is 28.3. The van der Waals surface area contributed by atoms with E-state index >= 15 is 0 Å². The number of hydrogen-bond donors (Lipinski definition) is 2. The van der Waals surface area contributed by atoms with Crippen LogP contribution in [0.3, 0.4) is 0 Å². The van der Waals surface area contributed by atoms with Crippen LogP contribution in [0.1, 0.15) is 34.1 Å². The van der Waals surface area contributed by atoms with Crippen LogP contribution in [0, 0.1) is 0 Å². The molecule has 0 spiro atoms. The number of amides is 1. The first-order chi connectivity index (χ1) is 15.4. The van der Waals surface area contributed by atoms with Gasteiger partial charge in [-0.05, 0) is 49.7 Å². The standard InChI is InChI=1S/C22H24N4O5S/c1-2-31-22(28)17-8-10-18(11-9-17)32(29,30)25-20-7-4-3-6-19(20)21(27)24-12-5-14-26-15-13-23-16-26/h3-4,6-11,13,15-16,25H,2,5,12,14H2,1H3,(H,24,27). The number of rotatable bonds is 10. The summed E-state index contributed by atoms with van der Waals surface area (Å²) in [6.07, 6.45) is 5.92. The Bertz CT molecular complexity index is 1160. The number of carbonyl (C=O) groups excluding carboxylic acids is 2.